The summed E-state index contributed by atoms with van der Waals surface area (Å²) in [6.07, 6.45) is 2.27. The Hall–Kier alpha value is -2.42. The Kier molecular flexibility index (Phi) is 8.26. The van der Waals surface area contributed by atoms with Gasteiger partial charge in [0, 0.05) is 43.1 Å². The van der Waals surface area contributed by atoms with Crippen LogP contribution in [-0.2, 0) is 26.8 Å². The first-order valence-corrected chi connectivity index (χ1v) is 15.1. The number of ether oxygens (including phenoxy) is 1. The number of carbonyl (C=O) groups excluding carboxylic acids is 1. The minimum absolute atomic E-state index is 0.0186. The van der Waals surface area contributed by atoms with Crippen molar-refractivity contribution in [3.63, 3.8) is 0 Å². The van der Waals surface area contributed by atoms with E-state index in [-0.39, 0.29) is 40.3 Å². The minimum atomic E-state index is -3.67. The highest BCUT2D eigenvalue weighted by Gasteiger charge is 2.37. The van der Waals surface area contributed by atoms with Gasteiger partial charge in [0.05, 0.1) is 17.5 Å². The molecule has 208 valence electrons. The van der Waals surface area contributed by atoms with Crippen LogP contribution in [0.15, 0.2) is 47.4 Å². The predicted octanol–water partition coefficient (Wildman–Crippen LogP) is 5.06. The van der Waals surface area contributed by atoms with Crippen LogP contribution in [0.25, 0.3) is 0 Å². The van der Waals surface area contributed by atoms with E-state index in [2.05, 4.69) is 58.2 Å². The number of hydrogen-bond acceptors (Lipinski definition) is 5. The maximum atomic E-state index is 13.5. The number of sulfonamides is 1. The van der Waals surface area contributed by atoms with Gasteiger partial charge in [-0.15, -0.1) is 0 Å². The first-order chi connectivity index (χ1) is 17.7. The van der Waals surface area contributed by atoms with Crippen molar-refractivity contribution in [3.8, 4) is 5.75 Å². The summed E-state index contributed by atoms with van der Waals surface area (Å²) < 4.78 is 34.4. The molecule has 7 nitrogen and oxygen atoms in total. The first-order valence-electron chi connectivity index (χ1n) is 13.7. The summed E-state index contributed by atoms with van der Waals surface area (Å²) in [6.45, 7) is 14.4. The molecule has 2 aromatic rings. The van der Waals surface area contributed by atoms with Crippen molar-refractivity contribution in [2.24, 2.45) is 0 Å². The quantitative estimate of drug-likeness (QED) is 0.512. The first kappa shape index (κ1) is 28.6. The number of nitrogens with zero attached hydrogens (tertiary/aromatic N) is 1. The molecule has 0 aromatic heterocycles. The van der Waals surface area contributed by atoms with Crippen LogP contribution in [0, 0.1) is 0 Å². The zero-order valence-corrected chi connectivity index (χ0v) is 24.5. The predicted molar refractivity (Wildman–Crippen MR) is 151 cm³/mol. The van der Waals surface area contributed by atoms with Gasteiger partial charge in [-0.05, 0) is 68.4 Å². The van der Waals surface area contributed by atoms with E-state index in [1.54, 1.807) is 12.1 Å². The molecule has 2 heterocycles. The van der Waals surface area contributed by atoms with Crippen molar-refractivity contribution in [3.05, 3.63) is 59.2 Å². The van der Waals surface area contributed by atoms with Crippen LogP contribution < -0.4 is 15.4 Å². The van der Waals surface area contributed by atoms with Gasteiger partial charge in [0.15, 0.2) is 0 Å². The molecule has 0 bridgehead atoms. The smallest absolute Gasteiger partial charge is 0.243 e. The molecule has 1 amide bonds. The van der Waals surface area contributed by atoms with Crippen molar-refractivity contribution in [1.29, 1.82) is 0 Å². The highest BCUT2D eigenvalue weighted by atomic mass is 32.2. The highest BCUT2D eigenvalue weighted by molar-refractivity contribution is 7.89. The molecule has 8 heteroatoms. The van der Waals surface area contributed by atoms with Gasteiger partial charge in [0.1, 0.15) is 5.75 Å². The topological polar surface area (TPSA) is 87.7 Å². The molecule has 2 aromatic carbocycles. The molecule has 0 aliphatic carbocycles. The third-order valence-corrected chi connectivity index (χ3v) is 9.31. The molecule has 2 aliphatic heterocycles. The van der Waals surface area contributed by atoms with E-state index in [0.717, 1.165) is 35.4 Å². The second-order valence-electron chi connectivity index (χ2n) is 12.6. The van der Waals surface area contributed by atoms with Gasteiger partial charge in [-0.3, -0.25) is 4.79 Å². The number of amides is 1. The van der Waals surface area contributed by atoms with Gasteiger partial charge in [-0.25, -0.2) is 8.42 Å². The lowest BCUT2D eigenvalue weighted by molar-refractivity contribution is -0.122. The number of hydrogen-bond donors (Lipinski definition) is 2. The fraction of sp³-hybridized carbons (Fsp3) is 0.567. The van der Waals surface area contributed by atoms with Gasteiger partial charge in [0.25, 0.3) is 0 Å². The highest BCUT2D eigenvalue weighted by Crippen LogP contribution is 2.34. The Morgan fingerprint density at radius 2 is 1.74 bits per heavy atom. The third kappa shape index (κ3) is 6.77. The maximum absolute atomic E-state index is 13.5. The normalized spacial score (nSPS) is 20.6. The number of fused-ring (bicyclic) bond motifs is 1. The Morgan fingerprint density at radius 3 is 2.39 bits per heavy atom. The van der Waals surface area contributed by atoms with E-state index in [9.17, 15) is 13.2 Å². The number of benzene rings is 2. The Labute approximate surface area is 228 Å². The van der Waals surface area contributed by atoms with Gasteiger partial charge in [-0.1, -0.05) is 45.0 Å². The van der Waals surface area contributed by atoms with E-state index in [4.69, 9.17) is 4.74 Å². The number of nitrogens with one attached hydrogen (secondary N) is 2. The summed E-state index contributed by atoms with van der Waals surface area (Å²) in [5.41, 5.74) is 3.16. The minimum Gasteiger partial charge on any atom is -0.493 e. The van der Waals surface area contributed by atoms with Crippen LogP contribution in [0.5, 0.6) is 5.75 Å². The summed E-state index contributed by atoms with van der Waals surface area (Å²) in [5.74, 6) is 0.676. The fourth-order valence-corrected chi connectivity index (χ4v) is 6.81. The lowest BCUT2D eigenvalue weighted by Gasteiger charge is -2.29. The van der Waals surface area contributed by atoms with Crippen LogP contribution in [0.3, 0.4) is 0 Å². The monoisotopic (exact) mass is 541 g/mol. The Bertz CT molecular complexity index is 1240. The van der Waals surface area contributed by atoms with E-state index < -0.39 is 10.0 Å². The van der Waals surface area contributed by atoms with Crippen LogP contribution >= 0.6 is 0 Å². The van der Waals surface area contributed by atoms with Crippen molar-refractivity contribution in [2.75, 3.05) is 13.2 Å². The summed E-state index contributed by atoms with van der Waals surface area (Å²) >= 11 is 0. The van der Waals surface area contributed by atoms with Crippen molar-refractivity contribution < 1.29 is 17.9 Å². The zero-order valence-electron chi connectivity index (χ0n) is 23.6. The van der Waals surface area contributed by atoms with E-state index in [1.807, 2.05) is 24.3 Å². The van der Waals surface area contributed by atoms with E-state index in [1.165, 1.54) is 4.31 Å². The summed E-state index contributed by atoms with van der Waals surface area (Å²) in [7, 11) is -3.67. The van der Waals surface area contributed by atoms with Crippen LogP contribution in [-0.4, -0.2) is 43.4 Å². The summed E-state index contributed by atoms with van der Waals surface area (Å²) in [6, 6.07) is 12.8. The Balaban J connectivity index is 1.41. The van der Waals surface area contributed by atoms with Gasteiger partial charge in [0.2, 0.25) is 15.9 Å². The SMILES string of the molecule is CC(C)(C)NCc1ccc2c(c1)OCCC2NC(=O)CC1CCCN1S(=O)(=O)c1ccc(C(C)(C)C)cc1. The molecule has 0 saturated carbocycles. The van der Waals surface area contributed by atoms with Crippen LogP contribution in [0.4, 0.5) is 0 Å². The maximum Gasteiger partial charge on any atom is 0.243 e. The molecule has 2 atom stereocenters. The number of rotatable bonds is 7. The van der Waals surface area contributed by atoms with Gasteiger partial charge < -0.3 is 15.4 Å². The molecular formula is C30H43N3O4S. The fourth-order valence-electron chi connectivity index (χ4n) is 5.12. The zero-order chi connectivity index (χ0) is 27.7. The molecule has 1 saturated heterocycles. The largest absolute Gasteiger partial charge is 0.493 e. The average molecular weight is 542 g/mol. The van der Waals surface area contributed by atoms with Crippen LogP contribution in [0.2, 0.25) is 0 Å². The molecule has 38 heavy (non-hydrogen) atoms. The van der Waals surface area contributed by atoms with Gasteiger partial charge >= 0.3 is 0 Å². The van der Waals surface area contributed by atoms with E-state index in [0.29, 0.717) is 26.0 Å². The third-order valence-electron chi connectivity index (χ3n) is 7.35. The molecule has 2 aliphatic rings. The van der Waals surface area contributed by atoms with Crippen LogP contribution in [0.1, 0.15) is 90.0 Å². The van der Waals surface area contributed by atoms with Gasteiger partial charge in [-0.2, -0.15) is 4.31 Å². The summed E-state index contributed by atoms with van der Waals surface area (Å²) in [4.78, 5) is 13.4. The molecular weight excluding hydrogens is 498 g/mol. The number of carbonyl (C=O) groups is 1. The second kappa shape index (κ2) is 11.0. The molecule has 1 fully saturated rings. The molecule has 2 N–H and O–H groups in total. The van der Waals surface area contributed by atoms with Crippen molar-refractivity contribution >= 4 is 15.9 Å². The lowest BCUT2D eigenvalue weighted by Crippen LogP contribution is -2.40. The Morgan fingerprint density at radius 1 is 1.03 bits per heavy atom. The molecule has 2 unspecified atom stereocenters. The standard InChI is InChI=1S/C30H43N3O4S/c1-29(2,3)22-10-12-24(13-11-22)38(35,36)33-16-7-8-23(33)19-28(34)32-26-15-17-37-27-18-21(9-14-25(26)27)20-31-30(4,5)6/h9-14,18,23,26,31H,7-8,15-17,19-20H2,1-6H3,(H,32,34). The lowest BCUT2D eigenvalue weighted by atomic mass is 9.87. The average Bonchev–Trinajstić information content (AvgIpc) is 3.31. The van der Waals surface area contributed by atoms with E-state index >= 15 is 0 Å². The second-order valence-corrected chi connectivity index (χ2v) is 14.5. The summed E-state index contributed by atoms with van der Waals surface area (Å²) in [5, 5.41) is 6.64. The molecule has 0 radical (unpaired) electrons. The van der Waals surface area contributed by atoms with Crippen molar-refractivity contribution in [2.45, 2.75) is 102 Å². The molecule has 4 rings (SSSR count). The molecule has 0 spiro atoms. The van der Waals surface area contributed by atoms with Crippen molar-refractivity contribution in [1.82, 2.24) is 14.9 Å².